The van der Waals surface area contributed by atoms with Gasteiger partial charge >= 0.3 is 0 Å². The molecule has 116 valence electrons. The minimum atomic E-state index is -0.415. The highest BCUT2D eigenvalue weighted by atomic mass is 16.5. The molecule has 0 radical (unpaired) electrons. The summed E-state index contributed by atoms with van der Waals surface area (Å²) in [7, 11) is 1.64. The van der Waals surface area contributed by atoms with Crippen LogP contribution in [-0.4, -0.2) is 18.6 Å². The molecule has 0 unspecified atom stereocenters. The van der Waals surface area contributed by atoms with E-state index in [0.29, 0.717) is 0 Å². The Labute approximate surface area is 126 Å². The highest BCUT2D eigenvalue weighted by Crippen LogP contribution is 2.41. The molecule has 2 rings (SSSR count). The Kier molecular flexibility index (Phi) is 3.91. The highest BCUT2D eigenvalue weighted by molar-refractivity contribution is 5.82. The number of hydrogen-bond donors (Lipinski definition) is 1. The lowest BCUT2D eigenvalue weighted by molar-refractivity contribution is -0.129. The van der Waals surface area contributed by atoms with Crippen molar-refractivity contribution >= 4 is 5.91 Å². The van der Waals surface area contributed by atoms with Crippen LogP contribution in [0, 0.1) is 5.41 Å². The number of fused-ring (bicyclic) bond motifs is 1. The molecule has 4 nitrogen and oxygen atoms in total. The number of hydrogen-bond acceptors (Lipinski definition) is 3. The normalized spacial score (nSPS) is 20.2. The topological polar surface area (TPSA) is 47.6 Å². The van der Waals surface area contributed by atoms with Crippen molar-refractivity contribution in [3.8, 4) is 11.5 Å². The standard InChI is InChI=1S/C17H25NO3/c1-16(2,3)15(19)18-13-10-17(4,5)21-14-8-7-11(20-6)9-12(13)14/h7-9,13H,10H2,1-6H3,(H,18,19)/t13-/m1/s1. The molecule has 0 saturated heterocycles. The fourth-order valence-corrected chi connectivity index (χ4v) is 2.46. The van der Waals surface area contributed by atoms with E-state index in [-0.39, 0.29) is 17.6 Å². The molecule has 1 aromatic rings. The lowest BCUT2D eigenvalue weighted by atomic mass is 9.88. The minimum absolute atomic E-state index is 0.0407. The first-order chi connectivity index (χ1) is 9.62. The number of carbonyl (C=O) groups excluding carboxylic acids is 1. The Hall–Kier alpha value is -1.71. The molecule has 0 aliphatic carbocycles. The van der Waals surface area contributed by atoms with E-state index in [2.05, 4.69) is 5.32 Å². The molecule has 21 heavy (non-hydrogen) atoms. The summed E-state index contributed by atoms with van der Waals surface area (Å²) in [5.74, 6) is 1.62. The molecule has 0 saturated carbocycles. The van der Waals surface area contributed by atoms with Gasteiger partial charge in [-0.1, -0.05) is 20.8 Å². The molecule has 1 aromatic carbocycles. The molecule has 4 heteroatoms. The summed E-state index contributed by atoms with van der Waals surface area (Å²) in [5, 5.41) is 3.15. The Balaban J connectivity index is 2.35. The second-order valence-corrected chi connectivity index (χ2v) is 7.25. The number of methoxy groups -OCH3 is 1. The predicted molar refractivity (Wildman–Crippen MR) is 82.7 cm³/mol. The molecule has 1 N–H and O–H groups in total. The zero-order valence-electron chi connectivity index (χ0n) is 13.7. The van der Waals surface area contributed by atoms with Crippen LogP contribution in [0.25, 0.3) is 0 Å². The fourth-order valence-electron chi connectivity index (χ4n) is 2.46. The van der Waals surface area contributed by atoms with Crippen molar-refractivity contribution in [1.82, 2.24) is 5.32 Å². The first kappa shape index (κ1) is 15.7. The van der Waals surface area contributed by atoms with Crippen LogP contribution in [0.5, 0.6) is 11.5 Å². The van der Waals surface area contributed by atoms with E-state index in [1.54, 1.807) is 7.11 Å². The van der Waals surface area contributed by atoms with Crippen LogP contribution in [-0.2, 0) is 4.79 Å². The molecule has 1 aliphatic rings. The Morgan fingerprint density at radius 3 is 2.62 bits per heavy atom. The lowest BCUT2D eigenvalue weighted by Crippen LogP contribution is -2.44. The van der Waals surface area contributed by atoms with Crippen molar-refractivity contribution in [2.75, 3.05) is 7.11 Å². The van der Waals surface area contributed by atoms with Crippen molar-refractivity contribution in [3.63, 3.8) is 0 Å². The van der Waals surface area contributed by atoms with E-state index in [1.165, 1.54) is 0 Å². The van der Waals surface area contributed by atoms with E-state index in [0.717, 1.165) is 23.5 Å². The summed E-state index contributed by atoms with van der Waals surface area (Å²) in [4.78, 5) is 12.3. The number of benzene rings is 1. The Bertz CT molecular complexity index is 543. The van der Waals surface area contributed by atoms with Gasteiger partial charge in [0, 0.05) is 17.4 Å². The summed E-state index contributed by atoms with van der Waals surface area (Å²) < 4.78 is 11.3. The van der Waals surface area contributed by atoms with Crippen molar-refractivity contribution in [2.24, 2.45) is 5.41 Å². The Morgan fingerprint density at radius 1 is 1.38 bits per heavy atom. The van der Waals surface area contributed by atoms with E-state index in [1.807, 2.05) is 52.8 Å². The third kappa shape index (κ3) is 3.49. The molecule has 1 amide bonds. The average Bonchev–Trinajstić information content (AvgIpc) is 2.36. The van der Waals surface area contributed by atoms with Gasteiger partial charge in [0.15, 0.2) is 0 Å². The van der Waals surface area contributed by atoms with Crippen molar-refractivity contribution < 1.29 is 14.3 Å². The predicted octanol–water partition coefficient (Wildman–Crippen LogP) is 3.46. The SMILES string of the molecule is COc1ccc2c(c1)[C@H](NC(=O)C(C)(C)C)CC(C)(C)O2. The first-order valence-corrected chi connectivity index (χ1v) is 7.30. The first-order valence-electron chi connectivity index (χ1n) is 7.30. The maximum Gasteiger partial charge on any atom is 0.225 e. The largest absolute Gasteiger partial charge is 0.497 e. The van der Waals surface area contributed by atoms with Crippen LogP contribution in [0.15, 0.2) is 18.2 Å². The minimum Gasteiger partial charge on any atom is -0.497 e. The fraction of sp³-hybridized carbons (Fsp3) is 0.588. The van der Waals surface area contributed by atoms with Crippen LogP contribution in [0.4, 0.5) is 0 Å². The molecule has 0 fully saturated rings. The maximum atomic E-state index is 12.3. The van der Waals surface area contributed by atoms with Gasteiger partial charge in [-0.25, -0.2) is 0 Å². The van der Waals surface area contributed by atoms with Gasteiger partial charge in [-0.2, -0.15) is 0 Å². The molecule has 0 bridgehead atoms. The van der Waals surface area contributed by atoms with Gasteiger partial charge in [-0.05, 0) is 32.0 Å². The average molecular weight is 291 g/mol. The Morgan fingerprint density at radius 2 is 2.05 bits per heavy atom. The van der Waals surface area contributed by atoms with Gasteiger partial charge in [0.25, 0.3) is 0 Å². The number of ether oxygens (including phenoxy) is 2. The van der Waals surface area contributed by atoms with Gasteiger partial charge in [0.1, 0.15) is 17.1 Å². The highest BCUT2D eigenvalue weighted by Gasteiger charge is 2.36. The maximum absolute atomic E-state index is 12.3. The summed E-state index contributed by atoms with van der Waals surface area (Å²) in [6.07, 6.45) is 0.731. The summed E-state index contributed by atoms with van der Waals surface area (Å²) >= 11 is 0. The van der Waals surface area contributed by atoms with Gasteiger partial charge in [0.2, 0.25) is 5.91 Å². The van der Waals surface area contributed by atoms with E-state index < -0.39 is 5.41 Å². The van der Waals surface area contributed by atoms with Gasteiger partial charge < -0.3 is 14.8 Å². The van der Waals surface area contributed by atoms with Crippen molar-refractivity contribution in [2.45, 2.75) is 52.7 Å². The zero-order valence-corrected chi connectivity index (χ0v) is 13.7. The van der Waals surface area contributed by atoms with E-state index >= 15 is 0 Å². The smallest absolute Gasteiger partial charge is 0.225 e. The van der Waals surface area contributed by atoms with Crippen LogP contribution in [0.3, 0.4) is 0 Å². The second kappa shape index (κ2) is 5.24. The van der Waals surface area contributed by atoms with Crippen molar-refractivity contribution in [3.05, 3.63) is 23.8 Å². The molecule has 0 aromatic heterocycles. The quantitative estimate of drug-likeness (QED) is 0.907. The monoisotopic (exact) mass is 291 g/mol. The zero-order chi connectivity index (χ0) is 15.8. The second-order valence-electron chi connectivity index (χ2n) is 7.25. The molecule has 1 heterocycles. The number of rotatable bonds is 2. The number of nitrogens with one attached hydrogen (secondary N) is 1. The summed E-state index contributed by atoms with van der Waals surface area (Å²) in [6, 6.07) is 5.66. The van der Waals surface area contributed by atoms with Crippen molar-refractivity contribution in [1.29, 1.82) is 0 Å². The molecule has 1 atom stereocenters. The van der Waals surface area contributed by atoms with Crippen LogP contribution in [0.2, 0.25) is 0 Å². The molecular weight excluding hydrogens is 266 g/mol. The molecule has 1 aliphatic heterocycles. The molecular formula is C17H25NO3. The summed E-state index contributed by atoms with van der Waals surface area (Å²) in [5.41, 5.74) is 0.255. The lowest BCUT2D eigenvalue weighted by Gasteiger charge is -2.38. The van der Waals surface area contributed by atoms with Gasteiger partial charge in [-0.3, -0.25) is 4.79 Å². The van der Waals surface area contributed by atoms with Crippen LogP contribution < -0.4 is 14.8 Å². The van der Waals surface area contributed by atoms with E-state index in [4.69, 9.17) is 9.47 Å². The van der Waals surface area contributed by atoms with Gasteiger partial charge in [0.05, 0.1) is 13.2 Å². The van der Waals surface area contributed by atoms with E-state index in [9.17, 15) is 4.79 Å². The third-order valence-corrected chi connectivity index (χ3v) is 3.66. The third-order valence-electron chi connectivity index (χ3n) is 3.66. The molecule has 0 spiro atoms. The van der Waals surface area contributed by atoms with Crippen LogP contribution >= 0.6 is 0 Å². The van der Waals surface area contributed by atoms with Crippen LogP contribution in [0.1, 0.15) is 52.6 Å². The van der Waals surface area contributed by atoms with Gasteiger partial charge in [-0.15, -0.1) is 0 Å². The number of carbonyl (C=O) groups is 1. The number of amides is 1. The summed E-state index contributed by atoms with van der Waals surface area (Å²) in [6.45, 7) is 9.82.